The van der Waals surface area contributed by atoms with E-state index < -0.39 is 0 Å². The van der Waals surface area contributed by atoms with Crippen molar-refractivity contribution in [3.8, 4) is 12.3 Å². The quantitative estimate of drug-likeness (QED) is 0.373. The molecule has 0 heterocycles. The van der Waals surface area contributed by atoms with Crippen molar-refractivity contribution < 1.29 is 23.7 Å². The molecule has 0 spiro atoms. The lowest BCUT2D eigenvalue weighted by Gasteiger charge is -2.11. The lowest BCUT2D eigenvalue weighted by molar-refractivity contribution is -0.0207. The predicted octanol–water partition coefficient (Wildman–Crippen LogP) is 0.582. The van der Waals surface area contributed by atoms with Crippen LogP contribution in [0.3, 0.4) is 0 Å². The van der Waals surface area contributed by atoms with Crippen molar-refractivity contribution in [1.29, 1.82) is 0 Å². The second kappa shape index (κ2) is 13.9. The standard InChI is InChI=1S/C16H29NO5/c1-2-5-18-6-7-19-8-9-20-10-11-21-12-13-22-16-4-3-15(17)14-16/h1,15-16H,3-14,17H2/t15-,16+/m0/s1. The molecule has 2 N–H and O–H groups in total. The molecule has 0 aromatic carbocycles. The fourth-order valence-corrected chi connectivity index (χ4v) is 2.19. The molecule has 2 atom stereocenters. The molecule has 0 aromatic rings. The van der Waals surface area contributed by atoms with Gasteiger partial charge in [-0.2, -0.15) is 0 Å². The van der Waals surface area contributed by atoms with Gasteiger partial charge in [0, 0.05) is 6.04 Å². The van der Waals surface area contributed by atoms with Crippen LogP contribution in [-0.4, -0.2) is 71.6 Å². The van der Waals surface area contributed by atoms with Crippen LogP contribution < -0.4 is 5.73 Å². The van der Waals surface area contributed by atoms with E-state index in [0.717, 1.165) is 19.3 Å². The molecule has 1 aliphatic carbocycles. The summed E-state index contributed by atoms with van der Waals surface area (Å²) in [7, 11) is 0. The van der Waals surface area contributed by atoms with Crippen molar-refractivity contribution in [1.82, 2.24) is 0 Å². The van der Waals surface area contributed by atoms with E-state index in [1.165, 1.54) is 0 Å². The fraction of sp³-hybridized carbons (Fsp3) is 0.875. The Labute approximate surface area is 133 Å². The van der Waals surface area contributed by atoms with Gasteiger partial charge in [0.05, 0.1) is 59.0 Å². The van der Waals surface area contributed by atoms with Gasteiger partial charge in [-0.1, -0.05) is 5.92 Å². The van der Waals surface area contributed by atoms with Crippen molar-refractivity contribution in [3.05, 3.63) is 0 Å². The van der Waals surface area contributed by atoms with Gasteiger partial charge in [0.15, 0.2) is 0 Å². The first kappa shape index (κ1) is 19.4. The molecule has 0 aliphatic heterocycles. The maximum absolute atomic E-state index is 5.82. The van der Waals surface area contributed by atoms with Gasteiger partial charge in [-0.05, 0) is 19.3 Å². The van der Waals surface area contributed by atoms with E-state index in [9.17, 15) is 0 Å². The lowest BCUT2D eigenvalue weighted by atomic mass is 10.3. The van der Waals surface area contributed by atoms with E-state index in [-0.39, 0.29) is 0 Å². The highest BCUT2D eigenvalue weighted by Crippen LogP contribution is 2.19. The van der Waals surface area contributed by atoms with Crippen molar-refractivity contribution in [2.24, 2.45) is 5.73 Å². The minimum Gasteiger partial charge on any atom is -0.377 e. The molecule has 0 bridgehead atoms. The first-order valence-corrected chi connectivity index (χ1v) is 7.94. The Morgan fingerprint density at radius 3 is 1.86 bits per heavy atom. The Hall–Kier alpha value is -0.680. The first-order chi connectivity index (χ1) is 10.8. The number of hydrogen-bond acceptors (Lipinski definition) is 6. The maximum atomic E-state index is 5.82. The molecule has 1 aliphatic rings. The molecule has 0 unspecified atom stereocenters. The molecule has 6 heteroatoms. The maximum Gasteiger partial charge on any atom is 0.107 e. The largest absolute Gasteiger partial charge is 0.377 e. The summed E-state index contributed by atoms with van der Waals surface area (Å²) in [5.74, 6) is 2.39. The van der Waals surface area contributed by atoms with E-state index >= 15 is 0 Å². The van der Waals surface area contributed by atoms with Gasteiger partial charge in [-0.25, -0.2) is 0 Å². The summed E-state index contributed by atoms with van der Waals surface area (Å²) in [5, 5.41) is 0. The second-order valence-corrected chi connectivity index (χ2v) is 5.16. The minimum atomic E-state index is 0.311. The van der Waals surface area contributed by atoms with Gasteiger partial charge in [-0.3, -0.25) is 0 Å². The first-order valence-electron chi connectivity index (χ1n) is 7.94. The predicted molar refractivity (Wildman–Crippen MR) is 83.7 cm³/mol. The molecule has 0 saturated heterocycles. The Morgan fingerprint density at radius 2 is 1.36 bits per heavy atom. The summed E-state index contributed by atoms with van der Waals surface area (Å²) in [6.45, 7) is 4.82. The van der Waals surface area contributed by atoms with E-state index in [1.54, 1.807) is 0 Å². The summed E-state index contributed by atoms with van der Waals surface area (Å²) in [6, 6.07) is 0.311. The highest BCUT2D eigenvalue weighted by Gasteiger charge is 2.21. The molecule has 0 aromatic heterocycles. The van der Waals surface area contributed by atoms with Crippen LogP contribution in [0.4, 0.5) is 0 Å². The van der Waals surface area contributed by atoms with Crippen LogP contribution in [0.1, 0.15) is 19.3 Å². The summed E-state index contributed by atoms with van der Waals surface area (Å²) >= 11 is 0. The van der Waals surface area contributed by atoms with Crippen LogP contribution in [0, 0.1) is 12.3 Å². The number of nitrogens with two attached hydrogens (primary N) is 1. The Morgan fingerprint density at radius 1 is 0.818 bits per heavy atom. The van der Waals surface area contributed by atoms with Crippen molar-refractivity contribution in [2.45, 2.75) is 31.4 Å². The molecule has 0 radical (unpaired) electrons. The lowest BCUT2D eigenvalue weighted by Crippen LogP contribution is -2.19. The van der Waals surface area contributed by atoms with Crippen molar-refractivity contribution >= 4 is 0 Å². The van der Waals surface area contributed by atoms with E-state index in [1.807, 2.05) is 0 Å². The molecule has 128 valence electrons. The summed E-state index contributed by atoms with van der Waals surface area (Å²) in [4.78, 5) is 0. The average Bonchev–Trinajstić information content (AvgIpc) is 2.93. The van der Waals surface area contributed by atoms with Crippen LogP contribution in [0.25, 0.3) is 0 Å². The van der Waals surface area contributed by atoms with Crippen LogP contribution in [-0.2, 0) is 23.7 Å². The van der Waals surface area contributed by atoms with Crippen LogP contribution in [0.5, 0.6) is 0 Å². The summed E-state index contributed by atoms with van der Waals surface area (Å²) < 4.78 is 26.9. The van der Waals surface area contributed by atoms with Crippen molar-refractivity contribution in [2.75, 3.05) is 59.5 Å². The van der Waals surface area contributed by atoms with Crippen LogP contribution in [0.15, 0.2) is 0 Å². The summed E-state index contributed by atoms with van der Waals surface area (Å²) in [6.07, 6.45) is 8.46. The average molecular weight is 315 g/mol. The zero-order valence-electron chi connectivity index (χ0n) is 13.3. The highest BCUT2D eigenvalue weighted by atomic mass is 16.6. The van der Waals surface area contributed by atoms with E-state index in [0.29, 0.717) is 71.6 Å². The normalized spacial score (nSPS) is 21.1. The third-order valence-corrected chi connectivity index (χ3v) is 3.31. The topological polar surface area (TPSA) is 72.2 Å². The molecular formula is C16H29NO5. The molecular weight excluding hydrogens is 286 g/mol. The fourth-order valence-electron chi connectivity index (χ4n) is 2.19. The van der Waals surface area contributed by atoms with Gasteiger partial charge in [-0.15, -0.1) is 6.42 Å². The van der Waals surface area contributed by atoms with Gasteiger partial charge >= 0.3 is 0 Å². The second-order valence-electron chi connectivity index (χ2n) is 5.16. The zero-order chi connectivity index (χ0) is 15.9. The highest BCUT2D eigenvalue weighted by molar-refractivity contribution is 4.82. The number of ether oxygens (including phenoxy) is 5. The minimum absolute atomic E-state index is 0.311. The number of terminal acetylenes is 1. The molecule has 22 heavy (non-hydrogen) atoms. The Bertz CT molecular complexity index is 295. The van der Waals surface area contributed by atoms with Gasteiger partial charge < -0.3 is 29.4 Å². The van der Waals surface area contributed by atoms with Gasteiger partial charge in [0.1, 0.15) is 6.61 Å². The van der Waals surface area contributed by atoms with Crippen LogP contribution >= 0.6 is 0 Å². The molecule has 1 saturated carbocycles. The molecule has 0 amide bonds. The van der Waals surface area contributed by atoms with Crippen molar-refractivity contribution in [3.63, 3.8) is 0 Å². The van der Waals surface area contributed by atoms with Gasteiger partial charge in [0.2, 0.25) is 0 Å². The smallest absolute Gasteiger partial charge is 0.107 e. The number of hydrogen-bond donors (Lipinski definition) is 1. The Balaban J connectivity index is 1.69. The van der Waals surface area contributed by atoms with E-state index in [4.69, 9.17) is 35.8 Å². The zero-order valence-corrected chi connectivity index (χ0v) is 13.3. The van der Waals surface area contributed by atoms with E-state index in [2.05, 4.69) is 5.92 Å². The summed E-state index contributed by atoms with van der Waals surface area (Å²) in [5.41, 5.74) is 5.82. The van der Waals surface area contributed by atoms with Crippen LogP contribution in [0.2, 0.25) is 0 Å². The Kier molecular flexibility index (Phi) is 12.3. The molecule has 1 rings (SSSR count). The monoisotopic (exact) mass is 315 g/mol. The third-order valence-electron chi connectivity index (χ3n) is 3.31. The third kappa shape index (κ3) is 11.0. The molecule has 1 fully saturated rings. The van der Waals surface area contributed by atoms with Gasteiger partial charge in [0.25, 0.3) is 0 Å². The molecule has 6 nitrogen and oxygen atoms in total. The SMILES string of the molecule is C#CCOCCOCCOCCOCCO[C@@H]1CC[C@H](N)C1. The number of rotatable bonds is 14.